The minimum atomic E-state index is 0. The van der Waals surface area contributed by atoms with Crippen molar-refractivity contribution in [1.29, 1.82) is 0 Å². The van der Waals surface area contributed by atoms with Crippen LogP contribution in [0.5, 0.6) is 0 Å². The van der Waals surface area contributed by atoms with E-state index in [1.165, 1.54) is 25.7 Å². The summed E-state index contributed by atoms with van der Waals surface area (Å²) in [5.74, 6) is 0.349. The van der Waals surface area contributed by atoms with E-state index in [-0.39, 0.29) is 24.2 Å². The second-order valence-corrected chi connectivity index (χ2v) is 5.11. The van der Waals surface area contributed by atoms with Gasteiger partial charge in [-0.15, -0.1) is 12.4 Å². The molecule has 2 rings (SSSR count). The van der Waals surface area contributed by atoms with Crippen molar-refractivity contribution in [3.05, 3.63) is 0 Å². The Hall–Kier alpha value is -0.320. The second kappa shape index (κ2) is 8.73. The minimum absolute atomic E-state index is 0. The Morgan fingerprint density at radius 2 is 2.00 bits per heavy atom. The summed E-state index contributed by atoms with van der Waals surface area (Å²) < 4.78 is 5.71. The first-order valence-corrected chi connectivity index (χ1v) is 6.96. The van der Waals surface area contributed by atoms with Gasteiger partial charge in [0.2, 0.25) is 5.91 Å². The predicted octanol–water partition coefficient (Wildman–Crippen LogP) is 1.48. The van der Waals surface area contributed by atoms with E-state index in [1.807, 2.05) is 0 Å². The molecule has 0 unspecified atom stereocenters. The molecule has 0 aromatic rings. The summed E-state index contributed by atoms with van der Waals surface area (Å²) in [5.41, 5.74) is 0. The lowest BCUT2D eigenvalue weighted by molar-refractivity contribution is -0.125. The molecular formula is C13H25ClN2O2. The third-order valence-corrected chi connectivity index (χ3v) is 3.72. The molecule has 5 heteroatoms. The zero-order valence-electron chi connectivity index (χ0n) is 11.0. The molecule has 106 valence electrons. The van der Waals surface area contributed by atoms with Crippen LogP contribution in [-0.2, 0) is 9.53 Å². The monoisotopic (exact) mass is 276 g/mol. The van der Waals surface area contributed by atoms with Gasteiger partial charge in [0, 0.05) is 13.1 Å². The van der Waals surface area contributed by atoms with Gasteiger partial charge >= 0.3 is 0 Å². The van der Waals surface area contributed by atoms with Gasteiger partial charge in [0.25, 0.3) is 0 Å². The van der Waals surface area contributed by atoms with Gasteiger partial charge in [-0.3, -0.25) is 4.79 Å². The van der Waals surface area contributed by atoms with Crippen molar-refractivity contribution in [3.8, 4) is 0 Å². The Morgan fingerprint density at radius 1 is 1.22 bits per heavy atom. The van der Waals surface area contributed by atoms with Crippen LogP contribution in [0.1, 0.15) is 38.5 Å². The first-order valence-electron chi connectivity index (χ1n) is 6.96. The van der Waals surface area contributed by atoms with Crippen LogP contribution in [0.3, 0.4) is 0 Å². The van der Waals surface area contributed by atoms with Gasteiger partial charge in [0.05, 0.1) is 18.6 Å². The normalized spacial score (nSPS) is 24.6. The molecule has 0 aromatic carbocycles. The summed E-state index contributed by atoms with van der Waals surface area (Å²) >= 11 is 0. The summed E-state index contributed by atoms with van der Waals surface area (Å²) in [5, 5.41) is 6.23. The summed E-state index contributed by atoms with van der Waals surface area (Å²) in [6.07, 6.45) is 7.55. The third kappa shape index (κ3) is 5.12. The number of nitrogens with one attached hydrogen (secondary N) is 2. The zero-order valence-corrected chi connectivity index (χ0v) is 11.8. The fourth-order valence-electron chi connectivity index (χ4n) is 2.67. The van der Waals surface area contributed by atoms with Crippen LogP contribution in [0.25, 0.3) is 0 Å². The number of hydrogen-bond acceptors (Lipinski definition) is 3. The average molecular weight is 277 g/mol. The SMILES string of the molecule is Cl.O=C(NCCOC1CCCC1)[C@@H]1CCCNC1. The lowest BCUT2D eigenvalue weighted by Crippen LogP contribution is -2.41. The molecule has 1 heterocycles. The fraction of sp³-hybridized carbons (Fsp3) is 0.923. The molecule has 1 aliphatic heterocycles. The number of carbonyl (C=O) groups is 1. The van der Waals surface area contributed by atoms with Crippen molar-refractivity contribution in [2.24, 2.45) is 5.92 Å². The average Bonchev–Trinajstić information content (AvgIpc) is 2.88. The highest BCUT2D eigenvalue weighted by atomic mass is 35.5. The molecule has 4 nitrogen and oxygen atoms in total. The lowest BCUT2D eigenvalue weighted by atomic mass is 9.99. The maximum atomic E-state index is 11.8. The van der Waals surface area contributed by atoms with E-state index in [4.69, 9.17) is 4.74 Å². The molecule has 2 fully saturated rings. The standard InChI is InChI=1S/C13H24N2O2.ClH/c16-13(11-4-3-7-14-10-11)15-8-9-17-12-5-1-2-6-12;/h11-12,14H,1-10H2,(H,15,16);1H/t11-;/m1./s1. The highest BCUT2D eigenvalue weighted by Crippen LogP contribution is 2.20. The molecule has 1 saturated heterocycles. The van der Waals surface area contributed by atoms with Gasteiger partial charge in [-0.05, 0) is 32.2 Å². The van der Waals surface area contributed by atoms with Crippen LogP contribution in [0.2, 0.25) is 0 Å². The van der Waals surface area contributed by atoms with Crippen molar-refractivity contribution in [1.82, 2.24) is 10.6 Å². The van der Waals surface area contributed by atoms with Crippen LogP contribution in [0, 0.1) is 5.92 Å². The van der Waals surface area contributed by atoms with Crippen LogP contribution in [-0.4, -0.2) is 38.3 Å². The van der Waals surface area contributed by atoms with Gasteiger partial charge in [-0.1, -0.05) is 12.8 Å². The molecule has 18 heavy (non-hydrogen) atoms. The van der Waals surface area contributed by atoms with E-state index in [0.29, 0.717) is 19.3 Å². The molecular weight excluding hydrogens is 252 g/mol. The number of halogens is 1. The van der Waals surface area contributed by atoms with Gasteiger partial charge in [0.15, 0.2) is 0 Å². The number of rotatable bonds is 5. The molecule has 0 aromatic heterocycles. The lowest BCUT2D eigenvalue weighted by Gasteiger charge is -2.22. The molecule has 0 spiro atoms. The molecule has 2 aliphatic rings. The first kappa shape index (κ1) is 15.7. The zero-order chi connectivity index (χ0) is 11.9. The number of ether oxygens (including phenoxy) is 1. The van der Waals surface area contributed by atoms with E-state index in [0.717, 1.165) is 25.9 Å². The highest BCUT2D eigenvalue weighted by Gasteiger charge is 2.20. The third-order valence-electron chi connectivity index (χ3n) is 3.72. The fourth-order valence-corrected chi connectivity index (χ4v) is 2.67. The van der Waals surface area contributed by atoms with E-state index in [2.05, 4.69) is 10.6 Å². The number of amides is 1. The van der Waals surface area contributed by atoms with Crippen LogP contribution in [0.4, 0.5) is 0 Å². The molecule has 1 saturated carbocycles. The van der Waals surface area contributed by atoms with Gasteiger partial charge in [-0.25, -0.2) is 0 Å². The van der Waals surface area contributed by atoms with Crippen molar-refractivity contribution >= 4 is 18.3 Å². The van der Waals surface area contributed by atoms with E-state index in [1.54, 1.807) is 0 Å². The summed E-state index contributed by atoms with van der Waals surface area (Å²) in [4.78, 5) is 11.8. The maximum Gasteiger partial charge on any atom is 0.224 e. The van der Waals surface area contributed by atoms with Crippen LogP contribution < -0.4 is 10.6 Å². The molecule has 1 amide bonds. The van der Waals surface area contributed by atoms with E-state index in [9.17, 15) is 4.79 Å². The first-order chi connectivity index (χ1) is 8.36. The Labute approximate surface area is 116 Å². The maximum absolute atomic E-state index is 11.8. The minimum Gasteiger partial charge on any atom is -0.376 e. The summed E-state index contributed by atoms with van der Waals surface area (Å²) in [7, 11) is 0. The second-order valence-electron chi connectivity index (χ2n) is 5.11. The molecule has 0 bridgehead atoms. The Bertz CT molecular complexity index is 239. The molecule has 1 atom stereocenters. The highest BCUT2D eigenvalue weighted by molar-refractivity contribution is 5.85. The quantitative estimate of drug-likeness (QED) is 0.748. The Kier molecular flexibility index (Phi) is 7.63. The van der Waals surface area contributed by atoms with Crippen molar-refractivity contribution in [3.63, 3.8) is 0 Å². The Morgan fingerprint density at radius 3 is 2.67 bits per heavy atom. The van der Waals surface area contributed by atoms with E-state index < -0.39 is 0 Å². The van der Waals surface area contributed by atoms with Gasteiger partial charge in [0.1, 0.15) is 0 Å². The smallest absolute Gasteiger partial charge is 0.224 e. The van der Waals surface area contributed by atoms with Gasteiger partial charge < -0.3 is 15.4 Å². The van der Waals surface area contributed by atoms with Crippen molar-refractivity contribution in [2.75, 3.05) is 26.2 Å². The molecule has 1 aliphatic carbocycles. The predicted molar refractivity (Wildman–Crippen MR) is 74.1 cm³/mol. The summed E-state index contributed by atoms with van der Waals surface area (Å²) in [6.45, 7) is 3.20. The van der Waals surface area contributed by atoms with Crippen LogP contribution >= 0.6 is 12.4 Å². The largest absolute Gasteiger partial charge is 0.376 e. The molecule has 2 N–H and O–H groups in total. The van der Waals surface area contributed by atoms with Gasteiger partial charge in [-0.2, -0.15) is 0 Å². The number of carbonyl (C=O) groups excluding carboxylic acids is 1. The molecule has 0 radical (unpaired) electrons. The summed E-state index contributed by atoms with van der Waals surface area (Å²) in [6, 6.07) is 0. The topological polar surface area (TPSA) is 50.4 Å². The van der Waals surface area contributed by atoms with E-state index >= 15 is 0 Å². The number of hydrogen-bond donors (Lipinski definition) is 2. The number of piperidine rings is 1. The van der Waals surface area contributed by atoms with Crippen molar-refractivity contribution in [2.45, 2.75) is 44.6 Å². The van der Waals surface area contributed by atoms with Crippen molar-refractivity contribution < 1.29 is 9.53 Å². The Balaban J connectivity index is 0.00000162. The van der Waals surface area contributed by atoms with Crippen LogP contribution in [0.15, 0.2) is 0 Å².